The van der Waals surface area contributed by atoms with Gasteiger partial charge in [0.1, 0.15) is 12.2 Å². The van der Waals surface area contributed by atoms with Crippen LogP contribution in [0, 0.1) is 0 Å². The van der Waals surface area contributed by atoms with Gasteiger partial charge < -0.3 is 9.47 Å². The van der Waals surface area contributed by atoms with Gasteiger partial charge in [-0.3, -0.25) is 0 Å². The van der Waals surface area contributed by atoms with E-state index in [2.05, 4.69) is 5.10 Å². The molecule has 6 heteroatoms. The van der Waals surface area contributed by atoms with Crippen LogP contribution in [0.15, 0.2) is 42.6 Å². The van der Waals surface area contributed by atoms with E-state index in [-0.39, 0.29) is 12.3 Å². The Hall–Kier alpha value is -2.63. The van der Waals surface area contributed by atoms with Crippen LogP contribution in [0.25, 0.3) is 0 Å². The van der Waals surface area contributed by atoms with E-state index in [0.717, 1.165) is 10.2 Å². The molecule has 2 aromatic rings. The summed E-state index contributed by atoms with van der Waals surface area (Å²) in [5, 5.41) is 3.87. The summed E-state index contributed by atoms with van der Waals surface area (Å²) in [4.78, 5) is 23.7. The first-order valence-corrected chi connectivity index (χ1v) is 6.85. The van der Waals surface area contributed by atoms with Crippen LogP contribution in [0.5, 0.6) is 0 Å². The largest absolute Gasteiger partial charge is 0.456 e. The molecule has 0 bridgehead atoms. The fourth-order valence-corrected chi connectivity index (χ4v) is 1.64. The maximum Gasteiger partial charge on any atom is 0.435 e. The lowest BCUT2D eigenvalue weighted by atomic mass is 10.2. The summed E-state index contributed by atoms with van der Waals surface area (Å²) >= 11 is 0. The summed E-state index contributed by atoms with van der Waals surface area (Å²) in [7, 11) is 0. The van der Waals surface area contributed by atoms with Gasteiger partial charge in [0, 0.05) is 6.20 Å². The van der Waals surface area contributed by atoms with E-state index >= 15 is 0 Å². The van der Waals surface area contributed by atoms with E-state index in [9.17, 15) is 9.59 Å². The van der Waals surface area contributed by atoms with Crippen LogP contribution < -0.4 is 0 Å². The number of benzene rings is 1. The molecule has 2 rings (SSSR count). The number of aromatic nitrogens is 2. The van der Waals surface area contributed by atoms with Crippen molar-refractivity contribution < 1.29 is 19.1 Å². The second-order valence-electron chi connectivity index (χ2n) is 5.69. The molecule has 22 heavy (non-hydrogen) atoms. The van der Waals surface area contributed by atoms with Crippen molar-refractivity contribution in [2.75, 3.05) is 0 Å². The smallest absolute Gasteiger partial charge is 0.435 e. The summed E-state index contributed by atoms with van der Waals surface area (Å²) in [6, 6.07) is 10.7. The molecule has 0 aliphatic rings. The Balaban J connectivity index is 1.96. The lowest BCUT2D eigenvalue weighted by Gasteiger charge is -2.18. The molecule has 0 aliphatic heterocycles. The molecule has 0 N–H and O–H groups in total. The summed E-state index contributed by atoms with van der Waals surface area (Å²) < 4.78 is 11.3. The lowest BCUT2D eigenvalue weighted by molar-refractivity contribution is 0.0460. The molecule has 0 radical (unpaired) electrons. The topological polar surface area (TPSA) is 70.4 Å². The summed E-state index contributed by atoms with van der Waals surface area (Å²) in [5.41, 5.74) is 0.306. The van der Waals surface area contributed by atoms with E-state index in [1.807, 2.05) is 30.3 Å². The van der Waals surface area contributed by atoms with E-state index in [4.69, 9.17) is 9.47 Å². The second-order valence-corrected chi connectivity index (χ2v) is 5.69. The number of hydrogen-bond acceptors (Lipinski definition) is 5. The van der Waals surface area contributed by atoms with Crippen LogP contribution in [0.3, 0.4) is 0 Å². The molecule has 6 nitrogen and oxygen atoms in total. The highest BCUT2D eigenvalue weighted by atomic mass is 16.6. The Morgan fingerprint density at radius 1 is 1.14 bits per heavy atom. The molecule has 1 aromatic carbocycles. The zero-order valence-electron chi connectivity index (χ0n) is 12.8. The number of nitrogens with zero attached hydrogens (tertiary/aromatic N) is 2. The Kier molecular flexibility index (Phi) is 4.60. The standard InChI is InChI=1S/C16H18N2O4/c1-16(2,3)22-15(20)18-10-9-13(17-18)14(19)21-11-12-7-5-4-6-8-12/h4-10H,11H2,1-3H3. The van der Waals surface area contributed by atoms with Crippen LogP contribution in [0.1, 0.15) is 36.8 Å². The third-order valence-corrected chi connectivity index (χ3v) is 2.59. The van der Waals surface area contributed by atoms with Gasteiger partial charge in [-0.2, -0.15) is 9.78 Å². The number of ether oxygens (including phenoxy) is 2. The molecule has 0 saturated carbocycles. The van der Waals surface area contributed by atoms with E-state index in [0.29, 0.717) is 0 Å². The highest BCUT2D eigenvalue weighted by molar-refractivity contribution is 5.87. The van der Waals surface area contributed by atoms with Gasteiger partial charge in [-0.1, -0.05) is 30.3 Å². The van der Waals surface area contributed by atoms with Crippen molar-refractivity contribution in [3.63, 3.8) is 0 Å². The van der Waals surface area contributed by atoms with Crippen molar-refractivity contribution >= 4 is 12.1 Å². The fourth-order valence-electron chi connectivity index (χ4n) is 1.64. The summed E-state index contributed by atoms with van der Waals surface area (Å²) in [6.07, 6.45) is 0.724. The molecule has 0 unspecified atom stereocenters. The van der Waals surface area contributed by atoms with Gasteiger partial charge in [-0.15, -0.1) is 0 Å². The number of rotatable bonds is 3. The normalized spacial score (nSPS) is 11.0. The minimum absolute atomic E-state index is 0.0572. The van der Waals surface area contributed by atoms with Gasteiger partial charge in [0.15, 0.2) is 5.69 Å². The Morgan fingerprint density at radius 2 is 1.82 bits per heavy atom. The molecule has 0 atom stereocenters. The summed E-state index contributed by atoms with van der Waals surface area (Å²) in [5.74, 6) is -0.592. The van der Waals surface area contributed by atoms with Crippen LogP contribution in [0.2, 0.25) is 0 Å². The first kappa shape index (κ1) is 15.8. The third kappa shape index (κ3) is 4.44. The number of esters is 1. The minimum atomic E-state index is -0.644. The number of carbonyl (C=O) groups excluding carboxylic acids is 2. The van der Waals surface area contributed by atoms with E-state index in [1.54, 1.807) is 20.8 Å². The molecule has 0 aliphatic carbocycles. The maximum absolute atomic E-state index is 11.9. The third-order valence-electron chi connectivity index (χ3n) is 2.59. The first-order valence-electron chi connectivity index (χ1n) is 6.85. The molecule has 116 valence electrons. The number of hydrogen-bond donors (Lipinski definition) is 0. The van der Waals surface area contributed by atoms with Crippen LogP contribution in [-0.4, -0.2) is 27.4 Å². The van der Waals surface area contributed by atoms with Crippen molar-refractivity contribution in [3.8, 4) is 0 Å². The first-order chi connectivity index (χ1) is 10.3. The maximum atomic E-state index is 11.9. The molecule has 0 spiro atoms. The Bertz CT molecular complexity index is 656. The SMILES string of the molecule is CC(C)(C)OC(=O)n1ccc(C(=O)OCc2ccccc2)n1. The summed E-state index contributed by atoms with van der Waals surface area (Å²) in [6.45, 7) is 5.41. The monoisotopic (exact) mass is 302 g/mol. The predicted octanol–water partition coefficient (Wildman–Crippen LogP) is 3.02. The van der Waals surface area contributed by atoms with Crippen molar-refractivity contribution in [3.05, 3.63) is 53.9 Å². The average molecular weight is 302 g/mol. The fraction of sp³-hybridized carbons (Fsp3) is 0.312. The molecule has 0 saturated heterocycles. The van der Waals surface area contributed by atoms with Crippen molar-refractivity contribution in [1.82, 2.24) is 9.78 Å². The highest BCUT2D eigenvalue weighted by Gasteiger charge is 2.20. The highest BCUT2D eigenvalue weighted by Crippen LogP contribution is 2.09. The minimum Gasteiger partial charge on any atom is -0.456 e. The van der Waals surface area contributed by atoms with Crippen LogP contribution in [0.4, 0.5) is 4.79 Å². The van der Waals surface area contributed by atoms with Crippen LogP contribution >= 0.6 is 0 Å². The average Bonchev–Trinajstić information content (AvgIpc) is 2.94. The second kappa shape index (κ2) is 6.43. The zero-order valence-corrected chi connectivity index (χ0v) is 12.8. The van der Waals surface area contributed by atoms with Crippen molar-refractivity contribution in [1.29, 1.82) is 0 Å². The molecular formula is C16H18N2O4. The molecule has 0 fully saturated rings. The van der Waals surface area contributed by atoms with Gasteiger partial charge >= 0.3 is 12.1 Å². The predicted molar refractivity (Wildman–Crippen MR) is 79.4 cm³/mol. The van der Waals surface area contributed by atoms with Crippen molar-refractivity contribution in [2.24, 2.45) is 0 Å². The van der Waals surface area contributed by atoms with Gasteiger partial charge in [0.25, 0.3) is 0 Å². The van der Waals surface area contributed by atoms with E-state index < -0.39 is 17.7 Å². The Labute approximate surface area is 128 Å². The van der Waals surface area contributed by atoms with Gasteiger partial charge in [-0.25, -0.2) is 9.59 Å². The molecular weight excluding hydrogens is 284 g/mol. The van der Waals surface area contributed by atoms with Gasteiger partial charge in [0.2, 0.25) is 0 Å². The molecule has 1 heterocycles. The van der Waals surface area contributed by atoms with Crippen LogP contribution in [-0.2, 0) is 16.1 Å². The lowest BCUT2D eigenvalue weighted by Crippen LogP contribution is -2.27. The van der Waals surface area contributed by atoms with Gasteiger partial charge in [-0.05, 0) is 32.4 Å². The number of carbonyl (C=O) groups is 2. The zero-order chi connectivity index (χ0) is 16.2. The molecule has 0 amide bonds. The van der Waals surface area contributed by atoms with Gasteiger partial charge in [0.05, 0.1) is 0 Å². The Morgan fingerprint density at radius 3 is 2.45 bits per heavy atom. The quantitative estimate of drug-likeness (QED) is 0.815. The van der Waals surface area contributed by atoms with E-state index in [1.165, 1.54) is 12.3 Å². The molecule has 1 aromatic heterocycles. The van der Waals surface area contributed by atoms with Crippen molar-refractivity contribution in [2.45, 2.75) is 33.0 Å².